The molecule has 2 aromatic carbocycles. The van der Waals surface area contributed by atoms with E-state index in [2.05, 4.69) is 0 Å². The molecular formula is C14H11ClO2S. The van der Waals surface area contributed by atoms with Crippen molar-refractivity contribution in [2.45, 2.75) is 16.7 Å². The first kappa shape index (κ1) is 13.0. The van der Waals surface area contributed by atoms with E-state index in [4.69, 9.17) is 11.6 Å². The number of rotatable bonds is 3. The minimum atomic E-state index is -0.923. The molecule has 0 atom stereocenters. The third kappa shape index (κ3) is 2.68. The van der Waals surface area contributed by atoms with E-state index in [0.29, 0.717) is 10.6 Å². The predicted octanol–water partition coefficient (Wildman–Crippen LogP) is 4.50. The van der Waals surface area contributed by atoms with Gasteiger partial charge in [0.05, 0.1) is 10.6 Å². The van der Waals surface area contributed by atoms with Crippen LogP contribution in [0.1, 0.15) is 15.9 Å². The molecule has 0 unspecified atom stereocenters. The molecule has 0 heterocycles. The minimum absolute atomic E-state index is 0.305. The van der Waals surface area contributed by atoms with E-state index in [-0.39, 0.29) is 0 Å². The summed E-state index contributed by atoms with van der Waals surface area (Å²) in [5.41, 5.74) is 1.24. The highest BCUT2D eigenvalue weighted by molar-refractivity contribution is 7.99. The molecule has 2 aromatic rings. The van der Waals surface area contributed by atoms with Gasteiger partial charge in [0.25, 0.3) is 0 Å². The molecule has 18 heavy (non-hydrogen) atoms. The summed E-state index contributed by atoms with van der Waals surface area (Å²) in [5, 5.41) is 9.82. The Morgan fingerprint density at radius 3 is 2.56 bits per heavy atom. The zero-order chi connectivity index (χ0) is 13.1. The van der Waals surface area contributed by atoms with Crippen LogP contribution in [0.15, 0.2) is 52.3 Å². The topological polar surface area (TPSA) is 37.3 Å². The fourth-order valence-corrected chi connectivity index (χ4v) is 2.87. The van der Waals surface area contributed by atoms with Crippen LogP contribution in [0.2, 0.25) is 5.02 Å². The summed E-state index contributed by atoms with van der Waals surface area (Å²) in [6, 6.07) is 12.7. The van der Waals surface area contributed by atoms with E-state index in [1.807, 2.05) is 31.2 Å². The summed E-state index contributed by atoms with van der Waals surface area (Å²) >= 11 is 7.47. The molecular weight excluding hydrogens is 268 g/mol. The summed E-state index contributed by atoms with van der Waals surface area (Å²) in [4.78, 5) is 12.8. The summed E-state index contributed by atoms with van der Waals surface area (Å²) in [6.45, 7) is 1.89. The maximum Gasteiger partial charge on any atom is 0.336 e. The van der Waals surface area contributed by atoms with Crippen molar-refractivity contribution in [1.82, 2.24) is 0 Å². The van der Waals surface area contributed by atoms with Crippen LogP contribution < -0.4 is 0 Å². The lowest BCUT2D eigenvalue weighted by atomic mass is 10.1. The van der Waals surface area contributed by atoms with Crippen molar-refractivity contribution in [2.75, 3.05) is 0 Å². The molecule has 0 fully saturated rings. The Hall–Kier alpha value is -1.45. The summed E-state index contributed by atoms with van der Waals surface area (Å²) in [6.07, 6.45) is 0. The van der Waals surface area contributed by atoms with E-state index >= 15 is 0 Å². The van der Waals surface area contributed by atoms with Crippen molar-refractivity contribution in [2.24, 2.45) is 0 Å². The molecule has 0 aliphatic carbocycles. The Labute approximate surface area is 115 Å². The van der Waals surface area contributed by atoms with Crippen LogP contribution in [0.4, 0.5) is 0 Å². The third-order valence-corrected chi connectivity index (χ3v) is 4.25. The molecule has 0 saturated heterocycles. The van der Waals surface area contributed by atoms with Gasteiger partial charge in [-0.25, -0.2) is 4.79 Å². The van der Waals surface area contributed by atoms with E-state index < -0.39 is 5.97 Å². The molecule has 92 valence electrons. The Morgan fingerprint density at radius 1 is 1.17 bits per heavy atom. The summed E-state index contributed by atoms with van der Waals surface area (Å²) in [7, 11) is 0. The highest BCUT2D eigenvalue weighted by atomic mass is 35.5. The third-order valence-electron chi connectivity index (χ3n) is 2.49. The highest BCUT2D eigenvalue weighted by Gasteiger charge is 2.14. The molecule has 0 aromatic heterocycles. The zero-order valence-electron chi connectivity index (χ0n) is 9.68. The predicted molar refractivity (Wildman–Crippen MR) is 73.7 cm³/mol. The zero-order valence-corrected chi connectivity index (χ0v) is 11.3. The number of aryl methyl sites for hydroxylation is 1. The van der Waals surface area contributed by atoms with Crippen LogP contribution in [0.25, 0.3) is 0 Å². The van der Waals surface area contributed by atoms with E-state index in [1.165, 1.54) is 11.8 Å². The van der Waals surface area contributed by atoms with Crippen LogP contribution >= 0.6 is 23.4 Å². The molecule has 1 N–H and O–H groups in total. The average molecular weight is 279 g/mol. The van der Waals surface area contributed by atoms with Gasteiger partial charge in [-0.05, 0) is 30.7 Å². The molecule has 0 amide bonds. The first-order valence-electron chi connectivity index (χ1n) is 5.35. The second kappa shape index (κ2) is 5.46. The normalized spacial score (nSPS) is 10.3. The molecule has 0 aliphatic rings. The monoisotopic (exact) mass is 278 g/mol. The second-order valence-corrected chi connectivity index (χ2v) is 5.25. The fraction of sp³-hybridized carbons (Fsp3) is 0.0714. The van der Waals surface area contributed by atoms with Gasteiger partial charge >= 0.3 is 5.97 Å². The number of benzene rings is 2. The van der Waals surface area contributed by atoms with Crippen LogP contribution in [-0.4, -0.2) is 11.1 Å². The number of halogens is 1. The first-order chi connectivity index (χ1) is 8.59. The Bertz CT molecular complexity index is 596. The van der Waals surface area contributed by atoms with E-state index in [9.17, 15) is 9.90 Å². The average Bonchev–Trinajstić information content (AvgIpc) is 2.34. The van der Waals surface area contributed by atoms with Crippen molar-refractivity contribution in [3.63, 3.8) is 0 Å². The smallest absolute Gasteiger partial charge is 0.336 e. The molecule has 0 spiro atoms. The SMILES string of the molecule is Cc1cccc(C(=O)O)c1Sc1ccccc1Cl. The Balaban J connectivity index is 2.46. The van der Waals surface area contributed by atoms with E-state index in [1.54, 1.807) is 18.2 Å². The molecule has 2 rings (SSSR count). The van der Waals surface area contributed by atoms with Gasteiger partial charge in [-0.15, -0.1) is 0 Å². The van der Waals surface area contributed by atoms with Gasteiger partial charge in [0.2, 0.25) is 0 Å². The lowest BCUT2D eigenvalue weighted by Gasteiger charge is -2.10. The van der Waals surface area contributed by atoms with Crippen molar-refractivity contribution >= 4 is 29.3 Å². The highest BCUT2D eigenvalue weighted by Crippen LogP contribution is 2.36. The van der Waals surface area contributed by atoms with E-state index in [0.717, 1.165) is 15.4 Å². The molecule has 0 aliphatic heterocycles. The number of hydrogen-bond acceptors (Lipinski definition) is 2. The Morgan fingerprint density at radius 2 is 1.89 bits per heavy atom. The van der Waals surface area contributed by atoms with Gasteiger partial charge in [0, 0.05) is 9.79 Å². The lowest BCUT2D eigenvalue weighted by Crippen LogP contribution is -2.00. The number of carboxylic acids is 1. The quantitative estimate of drug-likeness (QED) is 0.898. The molecule has 4 heteroatoms. The minimum Gasteiger partial charge on any atom is -0.478 e. The standard InChI is InChI=1S/C14H11ClO2S/c1-9-5-4-6-10(14(16)17)13(9)18-12-8-3-2-7-11(12)15/h2-8H,1H3,(H,16,17). The number of hydrogen-bond donors (Lipinski definition) is 1. The van der Waals surface area contributed by atoms with Crippen LogP contribution in [0.3, 0.4) is 0 Å². The number of aromatic carboxylic acids is 1. The van der Waals surface area contributed by atoms with Crippen molar-refractivity contribution in [3.05, 3.63) is 58.6 Å². The van der Waals surface area contributed by atoms with Crippen LogP contribution in [-0.2, 0) is 0 Å². The molecule has 0 radical (unpaired) electrons. The van der Waals surface area contributed by atoms with Crippen molar-refractivity contribution < 1.29 is 9.90 Å². The fourth-order valence-electron chi connectivity index (χ4n) is 1.59. The van der Waals surface area contributed by atoms with Gasteiger partial charge in [0.15, 0.2) is 0 Å². The van der Waals surface area contributed by atoms with Crippen molar-refractivity contribution in [3.8, 4) is 0 Å². The van der Waals surface area contributed by atoms with Gasteiger partial charge in [0.1, 0.15) is 0 Å². The Kier molecular flexibility index (Phi) is 3.94. The van der Waals surface area contributed by atoms with Crippen LogP contribution in [0, 0.1) is 6.92 Å². The molecule has 0 saturated carbocycles. The maximum atomic E-state index is 11.2. The largest absolute Gasteiger partial charge is 0.478 e. The lowest BCUT2D eigenvalue weighted by molar-refractivity contribution is 0.0693. The summed E-state index contributed by atoms with van der Waals surface area (Å²) in [5.74, 6) is -0.923. The van der Waals surface area contributed by atoms with Gasteiger partial charge < -0.3 is 5.11 Å². The number of carbonyl (C=O) groups is 1. The molecule has 2 nitrogen and oxygen atoms in total. The van der Waals surface area contributed by atoms with Gasteiger partial charge in [-0.2, -0.15) is 0 Å². The molecule has 0 bridgehead atoms. The van der Waals surface area contributed by atoms with Crippen molar-refractivity contribution in [1.29, 1.82) is 0 Å². The van der Waals surface area contributed by atoms with Gasteiger partial charge in [-0.1, -0.05) is 47.6 Å². The maximum absolute atomic E-state index is 11.2. The second-order valence-electron chi connectivity index (χ2n) is 3.79. The van der Waals surface area contributed by atoms with Gasteiger partial charge in [-0.3, -0.25) is 0 Å². The summed E-state index contributed by atoms with van der Waals surface area (Å²) < 4.78 is 0. The van der Waals surface area contributed by atoms with Crippen LogP contribution in [0.5, 0.6) is 0 Å². The number of carboxylic acid groups (broad SMARTS) is 1. The first-order valence-corrected chi connectivity index (χ1v) is 6.54.